The molecule has 0 spiro atoms. The van der Waals surface area contributed by atoms with Crippen LogP contribution in [0.5, 0.6) is 11.5 Å². The van der Waals surface area contributed by atoms with Crippen molar-refractivity contribution in [3.8, 4) is 11.5 Å². The monoisotopic (exact) mass is 645 g/mol. The highest BCUT2D eigenvalue weighted by molar-refractivity contribution is 5.99. The number of dihydropyridines is 1. The number of hydrogen-bond acceptors (Lipinski definition) is 7. The second-order valence-corrected chi connectivity index (χ2v) is 13.4. The number of aromatic amines is 1. The van der Waals surface area contributed by atoms with Gasteiger partial charge in [0.15, 0.2) is 11.5 Å². The second kappa shape index (κ2) is 17.4. The van der Waals surface area contributed by atoms with E-state index in [-0.39, 0.29) is 36.8 Å². The average Bonchev–Trinajstić information content (AvgIpc) is 3.57. The van der Waals surface area contributed by atoms with Gasteiger partial charge in [-0.15, -0.1) is 0 Å². The molecule has 6 N–H and O–H groups in total. The first-order chi connectivity index (χ1) is 22.7. The van der Waals surface area contributed by atoms with Gasteiger partial charge in [-0.05, 0) is 48.1 Å². The van der Waals surface area contributed by atoms with Crippen molar-refractivity contribution >= 4 is 11.6 Å². The van der Waals surface area contributed by atoms with Gasteiger partial charge in [-0.2, -0.15) is 0 Å². The van der Waals surface area contributed by atoms with E-state index in [2.05, 4.69) is 30.2 Å². The molecule has 8 nitrogen and oxygen atoms in total. The van der Waals surface area contributed by atoms with Crippen molar-refractivity contribution in [3.05, 3.63) is 82.5 Å². The van der Waals surface area contributed by atoms with Gasteiger partial charge in [-0.1, -0.05) is 89.5 Å². The molecule has 0 saturated heterocycles. The van der Waals surface area contributed by atoms with Crippen molar-refractivity contribution in [1.82, 2.24) is 10.3 Å². The lowest BCUT2D eigenvalue weighted by atomic mass is 9.61. The Bertz CT molecular complexity index is 1430. The van der Waals surface area contributed by atoms with Crippen molar-refractivity contribution in [1.29, 1.82) is 0 Å². The number of phenols is 1. The zero-order valence-corrected chi connectivity index (χ0v) is 28.6. The number of aliphatic hydroxyl groups excluding tert-OH is 1. The van der Waals surface area contributed by atoms with Gasteiger partial charge in [0.2, 0.25) is 0 Å². The molecule has 2 unspecified atom stereocenters. The number of aromatic hydroxyl groups is 1. The number of carbonyl (C=O) groups is 2. The lowest BCUT2D eigenvalue weighted by Crippen LogP contribution is -2.40. The molecular formula is C39H55N3O5. The third-order valence-electron chi connectivity index (χ3n) is 9.89. The largest absolute Gasteiger partial charge is 0.504 e. The molecule has 0 radical (unpaired) electrons. The third-order valence-corrected chi connectivity index (χ3v) is 9.89. The summed E-state index contributed by atoms with van der Waals surface area (Å²) in [6.45, 7) is 4.74. The number of Topliss-reactive ketones (excluding diaryl/α,β-unsaturated/α-hetero) is 2. The van der Waals surface area contributed by atoms with Crippen LogP contribution in [0.2, 0.25) is 0 Å². The number of unbranched alkanes of at least 4 members (excludes halogenated alkanes) is 4. The van der Waals surface area contributed by atoms with Crippen LogP contribution >= 0.6 is 0 Å². The minimum absolute atomic E-state index is 0.00286. The molecule has 1 aliphatic heterocycles. The van der Waals surface area contributed by atoms with E-state index in [1.54, 1.807) is 6.07 Å². The van der Waals surface area contributed by atoms with Crippen molar-refractivity contribution < 1.29 is 24.5 Å². The van der Waals surface area contributed by atoms with Crippen LogP contribution in [0, 0.1) is 11.3 Å². The van der Waals surface area contributed by atoms with E-state index in [0.717, 1.165) is 60.9 Å². The van der Waals surface area contributed by atoms with Crippen molar-refractivity contribution in [2.24, 2.45) is 17.1 Å². The number of allylic oxidation sites excluding steroid dienone is 3. The van der Waals surface area contributed by atoms with Crippen LogP contribution in [-0.4, -0.2) is 47.0 Å². The molecule has 47 heavy (non-hydrogen) atoms. The molecule has 1 aromatic carbocycles. The Hall–Kier alpha value is -3.78. The highest BCUT2D eigenvalue weighted by Gasteiger charge is 2.45. The summed E-state index contributed by atoms with van der Waals surface area (Å²) in [6.07, 6.45) is 18.5. The number of aryl methyl sites for hydroxylation is 1. The number of nitrogens with one attached hydrogen (secondary N) is 2. The molecule has 1 aromatic heterocycles. The number of benzene rings is 1. The van der Waals surface area contributed by atoms with Gasteiger partial charge in [0.05, 0.1) is 20.1 Å². The van der Waals surface area contributed by atoms with E-state index < -0.39 is 11.3 Å². The van der Waals surface area contributed by atoms with Gasteiger partial charge in [0.1, 0.15) is 17.4 Å². The standard InChI is InChI=1S/C39H55N3O5/c1-4-6-8-11-27(12-9-7-5-2)21-31(45)24-30(44)15-14-28-22-34(37(46)35(23-28)47-3)36-32-17-20-42-38(40)33(32)16-18-39(36,26-43)25-29-13-10-19-41-29/h10,13,16-19,22-23,27,36,41-43,46H,4-9,11-12,14-15,20-21,24-26,40H2,1-3H3. The number of phenolic OH excluding ortho intramolecular Hbond substituents is 1. The fourth-order valence-electron chi connectivity index (χ4n) is 7.33. The van der Waals surface area contributed by atoms with Gasteiger partial charge in [-0.3, -0.25) is 9.59 Å². The van der Waals surface area contributed by atoms with E-state index in [1.807, 2.05) is 36.5 Å². The predicted octanol–water partition coefficient (Wildman–Crippen LogP) is 6.93. The van der Waals surface area contributed by atoms with Crippen LogP contribution in [0.15, 0.2) is 65.7 Å². The van der Waals surface area contributed by atoms with E-state index in [9.17, 15) is 19.8 Å². The van der Waals surface area contributed by atoms with Crippen molar-refractivity contribution in [3.63, 3.8) is 0 Å². The Morgan fingerprint density at radius 3 is 2.49 bits per heavy atom. The van der Waals surface area contributed by atoms with Crippen molar-refractivity contribution in [2.45, 2.75) is 103 Å². The zero-order chi connectivity index (χ0) is 33.8. The molecule has 2 aromatic rings. The summed E-state index contributed by atoms with van der Waals surface area (Å²) < 4.78 is 5.63. The SMILES string of the molecule is CCCCCC(CCCCC)CC(=O)CC(=O)CCc1cc(OC)c(O)c(C2C3=CCNC(N)=C3C=CC2(CO)Cc2ccc[nH]2)c1. The maximum absolute atomic E-state index is 13.1. The van der Waals surface area contributed by atoms with Gasteiger partial charge in [0.25, 0.3) is 0 Å². The topological polar surface area (TPSA) is 138 Å². The minimum atomic E-state index is -0.786. The molecule has 2 heterocycles. The summed E-state index contributed by atoms with van der Waals surface area (Å²) >= 11 is 0. The fourth-order valence-corrected chi connectivity index (χ4v) is 7.33. The number of H-pyrrole nitrogens is 1. The van der Waals surface area contributed by atoms with E-state index in [1.165, 1.54) is 20.0 Å². The molecule has 2 atom stereocenters. The highest BCUT2D eigenvalue weighted by Crippen LogP contribution is 2.54. The molecule has 0 amide bonds. The lowest BCUT2D eigenvalue weighted by Gasteiger charge is -2.43. The predicted molar refractivity (Wildman–Crippen MR) is 187 cm³/mol. The molecule has 256 valence electrons. The number of hydrogen-bond donors (Lipinski definition) is 5. The Kier molecular flexibility index (Phi) is 13.3. The summed E-state index contributed by atoms with van der Waals surface area (Å²) in [4.78, 5) is 29.4. The number of aliphatic hydroxyl groups is 1. The minimum Gasteiger partial charge on any atom is -0.504 e. The van der Waals surface area contributed by atoms with E-state index in [0.29, 0.717) is 48.9 Å². The lowest BCUT2D eigenvalue weighted by molar-refractivity contribution is -0.127. The first-order valence-electron chi connectivity index (χ1n) is 17.5. The first-order valence-corrected chi connectivity index (χ1v) is 17.5. The van der Waals surface area contributed by atoms with Gasteiger partial charge in [0, 0.05) is 53.7 Å². The number of carbonyl (C=O) groups excluding carboxylic acids is 2. The number of nitrogens with two attached hydrogens (primary N) is 1. The molecule has 2 aliphatic rings. The van der Waals surface area contributed by atoms with Gasteiger partial charge < -0.3 is 31.0 Å². The fraction of sp³-hybridized carbons (Fsp3) is 0.538. The first kappa shape index (κ1) is 36.1. The third kappa shape index (κ3) is 9.19. The van der Waals surface area contributed by atoms with Gasteiger partial charge in [-0.25, -0.2) is 0 Å². The average molecular weight is 646 g/mol. The second-order valence-electron chi connectivity index (χ2n) is 13.4. The molecule has 0 fully saturated rings. The van der Waals surface area contributed by atoms with Crippen molar-refractivity contribution in [2.75, 3.05) is 20.3 Å². The summed E-state index contributed by atoms with van der Waals surface area (Å²) in [5.41, 5.74) is 9.74. The smallest absolute Gasteiger partial charge is 0.161 e. The molecular weight excluding hydrogens is 590 g/mol. The van der Waals surface area contributed by atoms with Crippen LogP contribution in [-0.2, 0) is 22.4 Å². The summed E-state index contributed by atoms with van der Waals surface area (Å²) in [5, 5.41) is 25.8. The van der Waals surface area contributed by atoms with E-state index >= 15 is 0 Å². The van der Waals surface area contributed by atoms with Crippen LogP contribution in [0.1, 0.15) is 107 Å². The van der Waals surface area contributed by atoms with Crippen LogP contribution < -0.4 is 15.8 Å². The maximum atomic E-state index is 13.1. The zero-order valence-electron chi connectivity index (χ0n) is 28.6. The quantitative estimate of drug-likeness (QED) is 0.0778. The Morgan fingerprint density at radius 1 is 1.11 bits per heavy atom. The van der Waals surface area contributed by atoms with Crippen LogP contribution in [0.25, 0.3) is 0 Å². The highest BCUT2D eigenvalue weighted by atomic mass is 16.5. The molecule has 8 heteroatoms. The Morgan fingerprint density at radius 2 is 1.85 bits per heavy atom. The summed E-state index contributed by atoms with van der Waals surface area (Å²) in [5.74, 6) is 0.732. The molecule has 1 aliphatic carbocycles. The summed E-state index contributed by atoms with van der Waals surface area (Å²) in [7, 11) is 1.51. The number of ether oxygens (including phenoxy) is 1. The van der Waals surface area contributed by atoms with Crippen LogP contribution in [0.4, 0.5) is 0 Å². The number of aromatic nitrogens is 1. The summed E-state index contributed by atoms with van der Waals surface area (Å²) in [6, 6.07) is 7.60. The number of ketones is 2. The molecule has 0 bridgehead atoms. The Balaban J connectivity index is 1.55. The number of methoxy groups -OCH3 is 1. The number of rotatable bonds is 20. The van der Waals surface area contributed by atoms with Gasteiger partial charge >= 0.3 is 0 Å². The van der Waals surface area contributed by atoms with E-state index in [4.69, 9.17) is 10.5 Å². The number of fused-ring (bicyclic) bond motifs is 1. The molecule has 4 rings (SSSR count). The molecule has 0 saturated carbocycles. The normalized spacial score (nSPS) is 19.0. The van der Waals surface area contributed by atoms with Crippen LogP contribution in [0.3, 0.4) is 0 Å². The maximum Gasteiger partial charge on any atom is 0.161 e. The Labute approximate surface area is 280 Å².